The van der Waals surface area contributed by atoms with Gasteiger partial charge in [-0.1, -0.05) is 6.08 Å². The molecule has 0 fully saturated rings. The summed E-state index contributed by atoms with van der Waals surface area (Å²) in [6.07, 6.45) is 2.05. The molecule has 0 saturated heterocycles. The van der Waals surface area contributed by atoms with Crippen molar-refractivity contribution >= 4 is 5.71 Å². The lowest BCUT2D eigenvalue weighted by Gasteiger charge is -1.99. The molecule has 58 valence electrons. The Hall–Kier alpha value is -0.790. The number of hydrogen-bond donors (Lipinski definition) is 1. The first-order valence-electron chi connectivity index (χ1n) is 3.62. The largest absolute Gasteiger partial charge is 0.310 e. The predicted molar refractivity (Wildman–Crippen MR) is 46.2 cm³/mol. The van der Waals surface area contributed by atoms with Gasteiger partial charge in [0.25, 0.3) is 0 Å². The Kier molecular flexibility index (Phi) is 4.63. The molecule has 1 N–H and O–H groups in total. The van der Waals surface area contributed by atoms with Crippen molar-refractivity contribution < 1.29 is 0 Å². The van der Waals surface area contributed by atoms with Crippen molar-refractivity contribution in [3.63, 3.8) is 0 Å². The van der Waals surface area contributed by atoms with Crippen LogP contribution in [0.3, 0.4) is 0 Å². The number of rotatable bonds is 3. The van der Waals surface area contributed by atoms with Crippen LogP contribution >= 0.6 is 0 Å². The molecule has 0 unspecified atom stereocenters. The van der Waals surface area contributed by atoms with Gasteiger partial charge in [-0.3, -0.25) is 0 Å². The fraction of sp³-hybridized carbons (Fsp3) is 0.625. The lowest BCUT2D eigenvalue weighted by molar-refractivity contribution is 0.782. The van der Waals surface area contributed by atoms with Gasteiger partial charge in [-0.05, 0) is 33.3 Å². The summed E-state index contributed by atoms with van der Waals surface area (Å²) < 4.78 is 0. The Morgan fingerprint density at radius 1 is 1.50 bits per heavy atom. The summed E-state index contributed by atoms with van der Waals surface area (Å²) in [6.45, 7) is 8.98. The second kappa shape index (κ2) is 5.03. The molecule has 0 amide bonds. The monoisotopic (exact) mass is 140 g/mol. The smallest absolute Gasteiger partial charge is 0.0597 e. The van der Waals surface area contributed by atoms with E-state index in [0.29, 0.717) is 0 Å². The van der Waals surface area contributed by atoms with E-state index >= 15 is 0 Å². The van der Waals surface area contributed by atoms with Crippen molar-refractivity contribution in [3.05, 3.63) is 11.6 Å². The van der Waals surface area contributed by atoms with Crippen LogP contribution in [0.2, 0.25) is 0 Å². The molecule has 0 bridgehead atoms. The van der Waals surface area contributed by atoms with Crippen LogP contribution in [0.15, 0.2) is 16.8 Å². The van der Waals surface area contributed by atoms with Crippen molar-refractivity contribution in [3.8, 4) is 0 Å². The third-order valence-electron chi connectivity index (χ3n) is 1.41. The summed E-state index contributed by atoms with van der Waals surface area (Å²) >= 11 is 0. The lowest BCUT2D eigenvalue weighted by Crippen LogP contribution is -2.07. The quantitative estimate of drug-likeness (QED) is 0.470. The molecule has 0 aromatic carbocycles. The SMILES string of the molecule is C/C=C(C)/C(C)=N/NCC. The number of allylic oxidation sites excluding steroid dienone is 2. The van der Waals surface area contributed by atoms with Crippen LogP contribution in [0.4, 0.5) is 0 Å². The highest BCUT2D eigenvalue weighted by Gasteiger charge is 1.89. The van der Waals surface area contributed by atoms with E-state index in [1.54, 1.807) is 0 Å². The Morgan fingerprint density at radius 3 is 2.50 bits per heavy atom. The molecule has 0 heterocycles. The van der Waals surface area contributed by atoms with E-state index in [2.05, 4.69) is 23.5 Å². The summed E-state index contributed by atoms with van der Waals surface area (Å²) in [5.41, 5.74) is 5.19. The highest BCUT2D eigenvalue weighted by Crippen LogP contribution is 1.93. The van der Waals surface area contributed by atoms with Gasteiger partial charge in [-0.2, -0.15) is 5.10 Å². The van der Waals surface area contributed by atoms with Gasteiger partial charge in [0.15, 0.2) is 0 Å². The standard InChI is InChI=1S/C8H16N2/c1-5-7(3)8(4)10-9-6-2/h5,9H,6H2,1-4H3/b7-5+,10-8+. The van der Waals surface area contributed by atoms with Gasteiger partial charge in [-0.25, -0.2) is 0 Å². The lowest BCUT2D eigenvalue weighted by atomic mass is 10.2. The van der Waals surface area contributed by atoms with Gasteiger partial charge >= 0.3 is 0 Å². The predicted octanol–water partition coefficient (Wildman–Crippen LogP) is 1.94. The average Bonchev–Trinajstić information content (AvgIpc) is 1.98. The van der Waals surface area contributed by atoms with Crippen LogP contribution in [-0.2, 0) is 0 Å². The van der Waals surface area contributed by atoms with Gasteiger partial charge in [0, 0.05) is 6.54 Å². The van der Waals surface area contributed by atoms with Crippen molar-refractivity contribution in [1.29, 1.82) is 0 Å². The normalized spacial score (nSPS) is 13.6. The Labute approximate surface area is 63.0 Å². The van der Waals surface area contributed by atoms with Crippen LogP contribution in [0.1, 0.15) is 27.7 Å². The molecule has 0 spiro atoms. The molecule has 0 rings (SSSR count). The second-order valence-electron chi connectivity index (χ2n) is 2.18. The van der Waals surface area contributed by atoms with Gasteiger partial charge in [-0.15, -0.1) is 0 Å². The summed E-state index contributed by atoms with van der Waals surface area (Å²) in [5.74, 6) is 0. The van der Waals surface area contributed by atoms with Gasteiger partial charge < -0.3 is 5.43 Å². The van der Waals surface area contributed by atoms with Crippen LogP contribution in [0, 0.1) is 0 Å². The first kappa shape index (κ1) is 9.21. The van der Waals surface area contributed by atoms with Crippen molar-refractivity contribution in [2.45, 2.75) is 27.7 Å². The van der Waals surface area contributed by atoms with Crippen molar-refractivity contribution in [1.82, 2.24) is 5.43 Å². The molecule has 0 radical (unpaired) electrons. The molecule has 0 aliphatic rings. The second-order valence-corrected chi connectivity index (χ2v) is 2.18. The fourth-order valence-corrected chi connectivity index (χ4v) is 0.495. The highest BCUT2D eigenvalue weighted by molar-refractivity contribution is 5.97. The average molecular weight is 140 g/mol. The molecule has 0 aliphatic carbocycles. The fourth-order valence-electron chi connectivity index (χ4n) is 0.495. The van der Waals surface area contributed by atoms with Gasteiger partial charge in [0.2, 0.25) is 0 Å². The summed E-state index contributed by atoms with van der Waals surface area (Å²) in [7, 11) is 0. The maximum Gasteiger partial charge on any atom is 0.0597 e. The van der Waals surface area contributed by atoms with E-state index in [-0.39, 0.29) is 0 Å². The van der Waals surface area contributed by atoms with Gasteiger partial charge in [0.1, 0.15) is 0 Å². The van der Waals surface area contributed by atoms with E-state index in [4.69, 9.17) is 0 Å². The van der Waals surface area contributed by atoms with Crippen LogP contribution < -0.4 is 5.43 Å². The molecular weight excluding hydrogens is 124 g/mol. The van der Waals surface area contributed by atoms with Crippen LogP contribution in [0.5, 0.6) is 0 Å². The minimum atomic E-state index is 0.883. The van der Waals surface area contributed by atoms with Crippen LogP contribution in [0.25, 0.3) is 0 Å². The molecule has 0 saturated carbocycles. The maximum atomic E-state index is 4.11. The third kappa shape index (κ3) is 3.28. The molecule has 2 nitrogen and oxygen atoms in total. The topological polar surface area (TPSA) is 24.4 Å². The molecule has 10 heavy (non-hydrogen) atoms. The zero-order chi connectivity index (χ0) is 7.98. The summed E-state index contributed by atoms with van der Waals surface area (Å²) in [5, 5.41) is 4.11. The molecular formula is C8H16N2. The van der Waals surface area contributed by atoms with E-state index < -0.39 is 0 Å². The number of hydrazone groups is 1. The molecule has 2 heteroatoms. The molecule has 0 aromatic heterocycles. The van der Waals surface area contributed by atoms with E-state index in [9.17, 15) is 0 Å². The third-order valence-corrected chi connectivity index (χ3v) is 1.41. The maximum absolute atomic E-state index is 4.11. The minimum Gasteiger partial charge on any atom is -0.310 e. The Bertz CT molecular complexity index is 145. The summed E-state index contributed by atoms with van der Waals surface area (Å²) in [4.78, 5) is 0. The molecule has 0 aliphatic heterocycles. The first-order chi connectivity index (χ1) is 4.72. The Balaban J connectivity index is 3.93. The van der Waals surface area contributed by atoms with E-state index in [0.717, 1.165) is 12.3 Å². The van der Waals surface area contributed by atoms with Crippen molar-refractivity contribution in [2.24, 2.45) is 5.10 Å². The molecule has 0 aromatic rings. The zero-order valence-electron chi connectivity index (χ0n) is 7.23. The number of hydrogen-bond acceptors (Lipinski definition) is 2. The number of nitrogens with zero attached hydrogens (tertiary/aromatic N) is 1. The van der Waals surface area contributed by atoms with Gasteiger partial charge in [0.05, 0.1) is 5.71 Å². The Morgan fingerprint density at radius 2 is 2.10 bits per heavy atom. The minimum absolute atomic E-state index is 0.883. The van der Waals surface area contributed by atoms with Crippen LogP contribution in [-0.4, -0.2) is 12.3 Å². The van der Waals surface area contributed by atoms with E-state index in [1.165, 1.54) is 5.57 Å². The zero-order valence-corrected chi connectivity index (χ0v) is 7.23. The number of nitrogens with one attached hydrogen (secondary N) is 1. The van der Waals surface area contributed by atoms with E-state index in [1.807, 2.05) is 20.8 Å². The summed E-state index contributed by atoms with van der Waals surface area (Å²) in [6, 6.07) is 0. The molecule has 0 atom stereocenters. The van der Waals surface area contributed by atoms with Crippen molar-refractivity contribution in [2.75, 3.05) is 6.54 Å². The first-order valence-corrected chi connectivity index (χ1v) is 3.62. The highest BCUT2D eigenvalue weighted by atomic mass is 15.3.